The minimum absolute atomic E-state index is 0.0946. The van der Waals surface area contributed by atoms with E-state index in [1.54, 1.807) is 19.1 Å². The van der Waals surface area contributed by atoms with Gasteiger partial charge in [-0.15, -0.1) is 11.8 Å². The van der Waals surface area contributed by atoms with Gasteiger partial charge >= 0.3 is 11.7 Å². The maximum atomic E-state index is 15.3. The molecule has 9 heteroatoms. The molecule has 170 valence electrons. The standard InChI is InChI=1S/C24H22FN3O4S/c1-14-21(20(25)22(33-14)28-13-12-19(26-15(2)29)27-24(28)31)32-23(30)18-10-8-17(9-11-18)16-6-4-3-5-7-16/h3-14,20-22H,1-2H3,(H,26,27,29,31)/t14-,20+,21-,22-/m1/s1. The number of ether oxygens (including phenoxy) is 1. The Hall–Kier alpha value is -3.46. The molecule has 1 fully saturated rings. The van der Waals surface area contributed by atoms with Gasteiger partial charge in [-0.1, -0.05) is 42.5 Å². The lowest BCUT2D eigenvalue weighted by molar-refractivity contribution is -0.114. The quantitative estimate of drug-likeness (QED) is 0.569. The summed E-state index contributed by atoms with van der Waals surface area (Å²) in [7, 11) is 0. The molecule has 0 unspecified atom stereocenters. The first kappa shape index (κ1) is 22.7. The molecule has 2 heterocycles. The van der Waals surface area contributed by atoms with E-state index >= 15 is 4.39 Å². The number of nitrogens with zero attached hydrogens (tertiary/aromatic N) is 2. The Kier molecular flexibility index (Phi) is 6.60. The predicted molar refractivity (Wildman–Crippen MR) is 125 cm³/mol. The number of hydrogen-bond donors (Lipinski definition) is 1. The number of benzene rings is 2. The summed E-state index contributed by atoms with van der Waals surface area (Å²) in [5, 5.41) is 1.14. The number of halogens is 1. The number of carbonyl (C=O) groups excluding carboxylic acids is 2. The van der Waals surface area contributed by atoms with Crippen molar-refractivity contribution in [3.05, 3.63) is 82.9 Å². The van der Waals surface area contributed by atoms with Crippen LogP contribution in [0.1, 0.15) is 29.6 Å². The van der Waals surface area contributed by atoms with Crippen LogP contribution in [0.15, 0.2) is 71.7 Å². The van der Waals surface area contributed by atoms with Gasteiger partial charge in [-0.05, 0) is 36.2 Å². The van der Waals surface area contributed by atoms with Crippen LogP contribution in [-0.4, -0.2) is 39.0 Å². The van der Waals surface area contributed by atoms with Crippen LogP contribution in [-0.2, 0) is 9.53 Å². The first-order valence-corrected chi connectivity index (χ1v) is 11.3. The fourth-order valence-electron chi connectivity index (χ4n) is 3.65. The van der Waals surface area contributed by atoms with Crippen LogP contribution in [0.3, 0.4) is 0 Å². The van der Waals surface area contributed by atoms with Gasteiger partial charge in [0.25, 0.3) is 0 Å². The SMILES string of the molecule is CC(=O)Nc1ccn([C@@H]2S[C@H](C)[C@@H](OC(=O)c3ccc(-c4ccccc4)cc3)[C@@H]2F)c(=O)n1. The fourth-order valence-corrected chi connectivity index (χ4v) is 5.05. The van der Waals surface area contributed by atoms with Crippen molar-refractivity contribution >= 4 is 29.5 Å². The van der Waals surface area contributed by atoms with Crippen molar-refractivity contribution in [1.82, 2.24) is 9.55 Å². The Labute approximate surface area is 194 Å². The molecule has 3 aromatic rings. The molecule has 0 radical (unpaired) electrons. The first-order chi connectivity index (χ1) is 15.8. The highest BCUT2D eigenvalue weighted by molar-refractivity contribution is 8.00. The average molecular weight is 468 g/mol. The average Bonchev–Trinajstić information content (AvgIpc) is 3.07. The van der Waals surface area contributed by atoms with Crippen LogP contribution in [0.5, 0.6) is 0 Å². The summed E-state index contributed by atoms with van der Waals surface area (Å²) < 4.78 is 21.9. The lowest BCUT2D eigenvalue weighted by atomic mass is 10.0. The molecule has 2 aromatic carbocycles. The normalized spacial score (nSPS) is 22.0. The minimum Gasteiger partial charge on any atom is -0.454 e. The number of aromatic nitrogens is 2. The number of anilines is 1. The first-order valence-electron chi connectivity index (χ1n) is 10.4. The Morgan fingerprint density at radius 2 is 1.73 bits per heavy atom. The van der Waals surface area contributed by atoms with Gasteiger partial charge in [0.05, 0.1) is 5.56 Å². The second-order valence-corrected chi connectivity index (χ2v) is 9.17. The van der Waals surface area contributed by atoms with Gasteiger partial charge in [-0.25, -0.2) is 14.0 Å². The molecular formula is C24H22FN3O4S. The molecule has 0 aliphatic carbocycles. The number of thioether (sulfide) groups is 1. The number of amides is 1. The monoisotopic (exact) mass is 467 g/mol. The highest BCUT2D eigenvalue weighted by atomic mass is 32.2. The summed E-state index contributed by atoms with van der Waals surface area (Å²) in [4.78, 5) is 40.0. The van der Waals surface area contributed by atoms with Crippen LogP contribution in [0.2, 0.25) is 0 Å². The summed E-state index contributed by atoms with van der Waals surface area (Å²) in [6.07, 6.45) is -1.25. The molecule has 1 amide bonds. The third-order valence-corrected chi connectivity index (χ3v) is 6.75. The van der Waals surface area contributed by atoms with Gasteiger partial charge in [0.2, 0.25) is 5.91 Å². The minimum atomic E-state index is -1.61. The van der Waals surface area contributed by atoms with Crippen LogP contribution in [0, 0.1) is 0 Å². The molecule has 1 aliphatic heterocycles. The lowest BCUT2D eigenvalue weighted by Crippen LogP contribution is -2.35. The maximum Gasteiger partial charge on any atom is 0.350 e. The molecule has 1 aromatic heterocycles. The Bertz CT molecular complexity index is 1220. The molecule has 1 N–H and O–H groups in total. The topological polar surface area (TPSA) is 90.3 Å². The molecule has 1 saturated heterocycles. The number of carbonyl (C=O) groups is 2. The van der Waals surface area contributed by atoms with Gasteiger partial charge in [-0.2, -0.15) is 4.98 Å². The molecular weight excluding hydrogens is 445 g/mol. The van der Waals surface area contributed by atoms with E-state index in [1.807, 2.05) is 42.5 Å². The van der Waals surface area contributed by atoms with Crippen molar-refractivity contribution in [2.75, 3.05) is 5.32 Å². The Morgan fingerprint density at radius 3 is 2.36 bits per heavy atom. The number of rotatable bonds is 5. The smallest absolute Gasteiger partial charge is 0.350 e. The molecule has 0 bridgehead atoms. The van der Waals surface area contributed by atoms with Gasteiger partial charge in [0.15, 0.2) is 6.17 Å². The molecule has 7 nitrogen and oxygen atoms in total. The second-order valence-electron chi connectivity index (χ2n) is 7.67. The van der Waals surface area contributed by atoms with E-state index < -0.39 is 29.3 Å². The van der Waals surface area contributed by atoms with Crippen LogP contribution >= 0.6 is 11.8 Å². The van der Waals surface area contributed by atoms with E-state index in [1.165, 1.54) is 30.9 Å². The van der Waals surface area contributed by atoms with Crippen molar-refractivity contribution < 1.29 is 18.7 Å². The fraction of sp³-hybridized carbons (Fsp3) is 0.250. The third-order valence-electron chi connectivity index (χ3n) is 5.28. The summed E-state index contributed by atoms with van der Waals surface area (Å²) in [6.45, 7) is 3.05. The molecule has 4 rings (SSSR count). The Morgan fingerprint density at radius 1 is 1.06 bits per heavy atom. The van der Waals surface area contributed by atoms with E-state index in [-0.39, 0.29) is 17.0 Å². The van der Waals surface area contributed by atoms with Gasteiger partial charge in [0, 0.05) is 18.4 Å². The summed E-state index contributed by atoms with van der Waals surface area (Å²) in [5.41, 5.74) is 1.60. The van der Waals surface area contributed by atoms with Crippen molar-refractivity contribution in [1.29, 1.82) is 0 Å². The summed E-state index contributed by atoms with van der Waals surface area (Å²) in [5.74, 6) is -0.894. The largest absolute Gasteiger partial charge is 0.454 e. The lowest BCUT2D eigenvalue weighted by Gasteiger charge is -2.19. The zero-order chi connectivity index (χ0) is 23.5. The van der Waals surface area contributed by atoms with Crippen molar-refractivity contribution in [3.63, 3.8) is 0 Å². The summed E-state index contributed by atoms with van der Waals surface area (Å²) in [6, 6.07) is 18.1. The van der Waals surface area contributed by atoms with Crippen molar-refractivity contribution in [2.24, 2.45) is 0 Å². The van der Waals surface area contributed by atoms with E-state index in [0.29, 0.717) is 5.56 Å². The predicted octanol–water partition coefficient (Wildman–Crippen LogP) is 4.07. The van der Waals surface area contributed by atoms with Gasteiger partial charge < -0.3 is 10.1 Å². The number of nitrogens with one attached hydrogen (secondary N) is 1. The molecule has 4 atom stereocenters. The van der Waals surface area contributed by atoms with Gasteiger partial charge in [-0.3, -0.25) is 9.36 Å². The molecule has 33 heavy (non-hydrogen) atoms. The zero-order valence-electron chi connectivity index (χ0n) is 18.0. The molecule has 0 saturated carbocycles. The molecule has 0 spiro atoms. The van der Waals surface area contributed by atoms with E-state index in [2.05, 4.69) is 10.3 Å². The van der Waals surface area contributed by atoms with Crippen molar-refractivity contribution in [3.8, 4) is 11.1 Å². The highest BCUT2D eigenvalue weighted by Crippen LogP contribution is 2.44. The number of alkyl halides is 1. The Balaban J connectivity index is 1.46. The molecule has 1 aliphatic rings. The van der Waals surface area contributed by atoms with Crippen LogP contribution in [0.25, 0.3) is 11.1 Å². The maximum absolute atomic E-state index is 15.3. The van der Waals surface area contributed by atoms with E-state index in [9.17, 15) is 14.4 Å². The van der Waals surface area contributed by atoms with E-state index in [4.69, 9.17) is 4.74 Å². The summed E-state index contributed by atoms with van der Waals surface area (Å²) >= 11 is 1.19. The van der Waals surface area contributed by atoms with Crippen LogP contribution < -0.4 is 11.0 Å². The van der Waals surface area contributed by atoms with Crippen molar-refractivity contribution in [2.45, 2.75) is 36.7 Å². The second kappa shape index (κ2) is 9.58. The van der Waals surface area contributed by atoms with E-state index in [0.717, 1.165) is 15.7 Å². The zero-order valence-corrected chi connectivity index (χ0v) is 18.8. The number of hydrogen-bond acceptors (Lipinski definition) is 6. The highest BCUT2D eigenvalue weighted by Gasteiger charge is 2.46. The third kappa shape index (κ3) is 4.98. The van der Waals surface area contributed by atoms with Gasteiger partial charge in [0.1, 0.15) is 17.3 Å². The number of esters is 1. The van der Waals surface area contributed by atoms with Crippen LogP contribution in [0.4, 0.5) is 10.2 Å².